The summed E-state index contributed by atoms with van der Waals surface area (Å²) in [4.78, 5) is 4.24. The van der Waals surface area contributed by atoms with Gasteiger partial charge in [-0.15, -0.1) is 0 Å². The number of rotatable bonds is 0. The first-order chi connectivity index (χ1) is 4.47. The number of aliphatic imine (C=N–C) groups is 1. The monoisotopic (exact) mass is 123 g/mol. The molecule has 2 rings (SSSR count). The number of hydrogen-bond acceptors (Lipinski definition) is 3. The summed E-state index contributed by atoms with van der Waals surface area (Å²) < 4.78 is 0. The fourth-order valence-corrected chi connectivity index (χ4v) is 1.15. The predicted octanol–water partition coefficient (Wildman–Crippen LogP) is 0.121. The molecular formula is C6H9N3. The van der Waals surface area contributed by atoms with Crippen molar-refractivity contribution in [3.8, 4) is 0 Å². The Labute approximate surface area is 54.0 Å². The molecule has 2 aliphatic rings. The van der Waals surface area contributed by atoms with Crippen LogP contribution in [0.5, 0.6) is 0 Å². The summed E-state index contributed by atoms with van der Waals surface area (Å²) in [6.07, 6.45) is 7.31. The van der Waals surface area contributed by atoms with Crippen LogP contribution in [0.15, 0.2) is 17.3 Å². The maximum atomic E-state index is 4.24. The highest BCUT2D eigenvalue weighted by Gasteiger charge is 2.20. The van der Waals surface area contributed by atoms with Crippen molar-refractivity contribution in [2.75, 3.05) is 6.54 Å². The van der Waals surface area contributed by atoms with Gasteiger partial charge < -0.3 is 0 Å². The van der Waals surface area contributed by atoms with Crippen LogP contribution in [-0.2, 0) is 0 Å². The fourth-order valence-electron chi connectivity index (χ4n) is 1.15. The van der Waals surface area contributed by atoms with E-state index in [0.29, 0.717) is 6.17 Å². The SMILES string of the molecule is C1=CN2NCCC2N=C1. The molecule has 1 fully saturated rings. The van der Waals surface area contributed by atoms with Crippen LogP contribution in [0.4, 0.5) is 0 Å². The molecule has 0 saturated carbocycles. The molecule has 3 heteroatoms. The van der Waals surface area contributed by atoms with Gasteiger partial charge in [-0.05, 0) is 6.08 Å². The van der Waals surface area contributed by atoms with Gasteiger partial charge in [0.05, 0.1) is 0 Å². The standard InChI is InChI=1S/C6H9N3/c1-3-7-6-2-4-8-9(6)5-1/h1,3,5-6,8H,2,4H2. The molecule has 1 N–H and O–H groups in total. The lowest BCUT2D eigenvalue weighted by Gasteiger charge is -2.20. The summed E-state index contributed by atoms with van der Waals surface area (Å²) in [6.45, 7) is 1.05. The first-order valence-electron chi connectivity index (χ1n) is 3.18. The minimum absolute atomic E-state index is 0.370. The minimum atomic E-state index is 0.370. The summed E-state index contributed by atoms with van der Waals surface area (Å²) in [5.74, 6) is 0. The number of allylic oxidation sites excluding steroid dienone is 1. The smallest absolute Gasteiger partial charge is 0.136 e. The van der Waals surface area contributed by atoms with Gasteiger partial charge in [-0.3, -0.25) is 10.0 Å². The van der Waals surface area contributed by atoms with E-state index in [-0.39, 0.29) is 0 Å². The van der Waals surface area contributed by atoms with Crippen LogP contribution in [0.3, 0.4) is 0 Å². The fraction of sp³-hybridized carbons (Fsp3) is 0.500. The van der Waals surface area contributed by atoms with Gasteiger partial charge >= 0.3 is 0 Å². The van der Waals surface area contributed by atoms with Gasteiger partial charge in [0.25, 0.3) is 0 Å². The Balaban J connectivity index is 2.18. The number of fused-ring (bicyclic) bond motifs is 1. The number of hydrogen-bond donors (Lipinski definition) is 1. The van der Waals surface area contributed by atoms with Crippen molar-refractivity contribution in [3.63, 3.8) is 0 Å². The van der Waals surface area contributed by atoms with Gasteiger partial charge in [0.1, 0.15) is 6.17 Å². The Kier molecular flexibility index (Phi) is 1.02. The summed E-state index contributed by atoms with van der Waals surface area (Å²) in [5, 5.41) is 2.04. The van der Waals surface area contributed by atoms with E-state index in [9.17, 15) is 0 Å². The van der Waals surface area contributed by atoms with Gasteiger partial charge in [0.2, 0.25) is 0 Å². The second kappa shape index (κ2) is 1.84. The van der Waals surface area contributed by atoms with Crippen LogP contribution < -0.4 is 5.43 Å². The Morgan fingerprint density at radius 2 is 2.67 bits per heavy atom. The Bertz CT molecular complexity index is 144. The van der Waals surface area contributed by atoms with E-state index in [4.69, 9.17) is 0 Å². The third-order valence-corrected chi connectivity index (χ3v) is 1.61. The molecule has 0 aromatic carbocycles. The molecule has 1 atom stereocenters. The average molecular weight is 123 g/mol. The number of nitrogens with one attached hydrogen (secondary N) is 1. The molecule has 0 aliphatic carbocycles. The van der Waals surface area contributed by atoms with E-state index >= 15 is 0 Å². The second-order valence-electron chi connectivity index (χ2n) is 2.22. The predicted molar refractivity (Wildman–Crippen MR) is 35.9 cm³/mol. The highest BCUT2D eigenvalue weighted by molar-refractivity contribution is 5.71. The van der Waals surface area contributed by atoms with Crippen LogP contribution in [0.2, 0.25) is 0 Å². The molecule has 9 heavy (non-hydrogen) atoms. The molecule has 0 bridgehead atoms. The second-order valence-corrected chi connectivity index (χ2v) is 2.22. The van der Waals surface area contributed by atoms with Crippen molar-refractivity contribution >= 4 is 6.21 Å². The van der Waals surface area contributed by atoms with Gasteiger partial charge in [0, 0.05) is 25.4 Å². The summed E-state index contributed by atoms with van der Waals surface area (Å²) in [7, 11) is 0. The lowest BCUT2D eigenvalue weighted by atomic mass is 10.3. The van der Waals surface area contributed by atoms with Crippen molar-refractivity contribution in [1.82, 2.24) is 10.4 Å². The number of nitrogens with zero attached hydrogens (tertiary/aromatic N) is 2. The van der Waals surface area contributed by atoms with Gasteiger partial charge in [-0.1, -0.05) is 0 Å². The van der Waals surface area contributed by atoms with Crippen LogP contribution in [0.25, 0.3) is 0 Å². The molecule has 0 spiro atoms. The van der Waals surface area contributed by atoms with Crippen molar-refractivity contribution in [2.45, 2.75) is 12.6 Å². The van der Waals surface area contributed by atoms with Crippen molar-refractivity contribution in [3.05, 3.63) is 12.3 Å². The molecule has 0 amide bonds. The molecule has 0 radical (unpaired) electrons. The molecule has 2 heterocycles. The van der Waals surface area contributed by atoms with E-state index in [1.165, 1.54) is 0 Å². The lowest BCUT2D eigenvalue weighted by Crippen LogP contribution is -2.32. The average Bonchev–Trinajstić information content (AvgIpc) is 2.33. The molecule has 3 nitrogen and oxygen atoms in total. The van der Waals surface area contributed by atoms with E-state index in [1.807, 2.05) is 23.5 Å². The maximum Gasteiger partial charge on any atom is 0.136 e. The Morgan fingerprint density at radius 1 is 1.67 bits per heavy atom. The van der Waals surface area contributed by atoms with Gasteiger partial charge in [-0.25, -0.2) is 5.43 Å². The van der Waals surface area contributed by atoms with E-state index < -0.39 is 0 Å². The van der Waals surface area contributed by atoms with Crippen molar-refractivity contribution in [2.24, 2.45) is 4.99 Å². The van der Waals surface area contributed by atoms with Crippen LogP contribution in [-0.4, -0.2) is 23.9 Å². The molecule has 0 aromatic heterocycles. The molecule has 2 aliphatic heterocycles. The lowest BCUT2D eigenvalue weighted by molar-refractivity contribution is 0.279. The minimum Gasteiger partial charge on any atom is -0.291 e. The Hall–Kier alpha value is -0.830. The topological polar surface area (TPSA) is 27.6 Å². The molecule has 1 saturated heterocycles. The Morgan fingerprint density at radius 3 is 3.56 bits per heavy atom. The van der Waals surface area contributed by atoms with Gasteiger partial charge in [-0.2, -0.15) is 0 Å². The maximum absolute atomic E-state index is 4.24. The molecule has 48 valence electrons. The quantitative estimate of drug-likeness (QED) is 0.495. The summed E-state index contributed by atoms with van der Waals surface area (Å²) >= 11 is 0. The van der Waals surface area contributed by atoms with Crippen LogP contribution >= 0.6 is 0 Å². The zero-order valence-corrected chi connectivity index (χ0v) is 5.12. The third-order valence-electron chi connectivity index (χ3n) is 1.61. The first-order valence-corrected chi connectivity index (χ1v) is 3.18. The molecular weight excluding hydrogens is 114 g/mol. The van der Waals surface area contributed by atoms with Crippen molar-refractivity contribution in [1.29, 1.82) is 0 Å². The normalized spacial score (nSPS) is 31.1. The van der Waals surface area contributed by atoms with E-state index in [0.717, 1.165) is 13.0 Å². The van der Waals surface area contributed by atoms with Crippen LogP contribution in [0, 0.1) is 0 Å². The summed E-state index contributed by atoms with van der Waals surface area (Å²) in [5.41, 5.74) is 3.19. The molecule has 1 unspecified atom stereocenters. The largest absolute Gasteiger partial charge is 0.291 e. The van der Waals surface area contributed by atoms with E-state index in [1.54, 1.807) is 0 Å². The number of hydrazine groups is 1. The highest BCUT2D eigenvalue weighted by Crippen LogP contribution is 2.11. The highest BCUT2D eigenvalue weighted by atomic mass is 15.6. The van der Waals surface area contributed by atoms with Crippen molar-refractivity contribution < 1.29 is 0 Å². The molecule has 0 aromatic rings. The third kappa shape index (κ3) is 0.733. The zero-order chi connectivity index (χ0) is 6.10. The van der Waals surface area contributed by atoms with Gasteiger partial charge in [0.15, 0.2) is 0 Å². The first kappa shape index (κ1) is 4.99. The van der Waals surface area contributed by atoms with E-state index in [2.05, 4.69) is 10.4 Å². The summed E-state index contributed by atoms with van der Waals surface area (Å²) in [6, 6.07) is 0. The van der Waals surface area contributed by atoms with Crippen LogP contribution in [0.1, 0.15) is 6.42 Å². The zero-order valence-electron chi connectivity index (χ0n) is 5.12.